The Bertz CT molecular complexity index is 419. The SMILES string of the molecule is CNC1CCC(C)(C)CC1Oc1cc(C)cc(C)c1. The number of rotatable bonds is 3. The molecule has 2 nitrogen and oxygen atoms in total. The van der Waals surface area contributed by atoms with Crippen molar-refractivity contribution in [1.82, 2.24) is 5.32 Å². The fourth-order valence-electron chi connectivity index (χ4n) is 3.15. The van der Waals surface area contributed by atoms with Gasteiger partial charge in [-0.25, -0.2) is 0 Å². The minimum Gasteiger partial charge on any atom is -0.489 e. The van der Waals surface area contributed by atoms with Crippen LogP contribution in [0.4, 0.5) is 0 Å². The van der Waals surface area contributed by atoms with E-state index in [1.165, 1.54) is 24.0 Å². The number of likely N-dealkylation sites (N-methyl/N-ethyl adjacent to an activating group) is 1. The first-order chi connectivity index (χ1) is 8.89. The van der Waals surface area contributed by atoms with Crippen molar-refractivity contribution in [3.05, 3.63) is 29.3 Å². The van der Waals surface area contributed by atoms with E-state index in [4.69, 9.17) is 4.74 Å². The number of hydrogen-bond acceptors (Lipinski definition) is 2. The Labute approximate surface area is 117 Å². The fourth-order valence-corrected chi connectivity index (χ4v) is 3.15. The lowest BCUT2D eigenvalue weighted by atomic mass is 9.74. The molecule has 1 N–H and O–H groups in total. The lowest BCUT2D eigenvalue weighted by molar-refractivity contribution is 0.0558. The van der Waals surface area contributed by atoms with Crippen LogP contribution in [0.5, 0.6) is 5.75 Å². The van der Waals surface area contributed by atoms with Gasteiger partial charge in [0.15, 0.2) is 0 Å². The van der Waals surface area contributed by atoms with Gasteiger partial charge in [-0.2, -0.15) is 0 Å². The Morgan fingerprint density at radius 1 is 1.16 bits per heavy atom. The molecule has 19 heavy (non-hydrogen) atoms. The lowest BCUT2D eigenvalue weighted by Gasteiger charge is -2.40. The van der Waals surface area contributed by atoms with Gasteiger partial charge in [0, 0.05) is 6.04 Å². The molecule has 0 radical (unpaired) electrons. The van der Waals surface area contributed by atoms with Crippen LogP contribution in [0.3, 0.4) is 0 Å². The molecule has 0 saturated heterocycles. The van der Waals surface area contributed by atoms with Crippen LogP contribution in [0.25, 0.3) is 0 Å². The summed E-state index contributed by atoms with van der Waals surface area (Å²) in [4.78, 5) is 0. The van der Waals surface area contributed by atoms with Crippen LogP contribution >= 0.6 is 0 Å². The maximum absolute atomic E-state index is 6.29. The van der Waals surface area contributed by atoms with Gasteiger partial charge in [0.1, 0.15) is 11.9 Å². The predicted molar refractivity (Wildman–Crippen MR) is 80.8 cm³/mol. The molecule has 0 amide bonds. The van der Waals surface area contributed by atoms with Crippen molar-refractivity contribution in [3.8, 4) is 5.75 Å². The molecular formula is C17H27NO. The average molecular weight is 261 g/mol. The third kappa shape index (κ3) is 3.73. The first-order valence-electron chi connectivity index (χ1n) is 7.32. The van der Waals surface area contributed by atoms with Crippen LogP contribution < -0.4 is 10.1 Å². The summed E-state index contributed by atoms with van der Waals surface area (Å²) in [6.45, 7) is 8.94. The van der Waals surface area contributed by atoms with Gasteiger partial charge in [-0.3, -0.25) is 0 Å². The number of aryl methyl sites for hydroxylation is 2. The van der Waals surface area contributed by atoms with Crippen molar-refractivity contribution < 1.29 is 4.74 Å². The van der Waals surface area contributed by atoms with Crippen LogP contribution in [0.2, 0.25) is 0 Å². The Morgan fingerprint density at radius 3 is 2.37 bits per heavy atom. The van der Waals surface area contributed by atoms with Gasteiger partial charge in [0.2, 0.25) is 0 Å². The topological polar surface area (TPSA) is 21.3 Å². The molecule has 1 saturated carbocycles. The standard InChI is InChI=1S/C17H27NO/c1-12-8-13(2)10-14(9-12)19-16-11-17(3,4)7-6-15(16)18-5/h8-10,15-16,18H,6-7,11H2,1-5H3. The second-order valence-electron chi connectivity index (χ2n) is 6.78. The Balaban J connectivity index is 2.14. The maximum atomic E-state index is 6.29. The zero-order valence-corrected chi connectivity index (χ0v) is 12.9. The van der Waals surface area contributed by atoms with Gasteiger partial charge in [-0.1, -0.05) is 19.9 Å². The molecule has 0 heterocycles. The van der Waals surface area contributed by atoms with Gasteiger partial charge < -0.3 is 10.1 Å². The highest BCUT2D eigenvalue weighted by atomic mass is 16.5. The van der Waals surface area contributed by atoms with Gasteiger partial charge in [0.25, 0.3) is 0 Å². The van der Waals surface area contributed by atoms with Gasteiger partial charge in [-0.05, 0) is 68.8 Å². The van der Waals surface area contributed by atoms with E-state index in [2.05, 4.69) is 51.2 Å². The maximum Gasteiger partial charge on any atom is 0.120 e. The molecule has 1 aromatic rings. The highest BCUT2D eigenvalue weighted by molar-refractivity contribution is 5.33. The molecule has 0 bridgehead atoms. The molecule has 2 heteroatoms. The molecule has 1 fully saturated rings. The van der Waals surface area contributed by atoms with Crippen LogP contribution in [-0.4, -0.2) is 19.2 Å². The molecule has 0 aliphatic heterocycles. The summed E-state index contributed by atoms with van der Waals surface area (Å²) in [7, 11) is 2.04. The molecule has 2 atom stereocenters. The van der Waals surface area contributed by atoms with E-state index < -0.39 is 0 Å². The monoisotopic (exact) mass is 261 g/mol. The highest BCUT2D eigenvalue weighted by Crippen LogP contribution is 2.37. The summed E-state index contributed by atoms with van der Waals surface area (Å²) >= 11 is 0. The fraction of sp³-hybridized carbons (Fsp3) is 0.647. The van der Waals surface area contributed by atoms with E-state index in [-0.39, 0.29) is 6.10 Å². The number of benzene rings is 1. The molecule has 106 valence electrons. The zero-order valence-electron chi connectivity index (χ0n) is 12.9. The number of nitrogens with one attached hydrogen (secondary N) is 1. The summed E-state index contributed by atoms with van der Waals surface area (Å²) in [5, 5.41) is 3.42. The normalized spacial score (nSPS) is 26.2. The molecule has 1 aliphatic carbocycles. The predicted octanol–water partition coefficient (Wildman–Crippen LogP) is 3.85. The second-order valence-corrected chi connectivity index (χ2v) is 6.78. The first kappa shape index (κ1) is 14.4. The average Bonchev–Trinajstić information content (AvgIpc) is 2.26. The van der Waals surface area contributed by atoms with E-state index in [0.717, 1.165) is 12.2 Å². The zero-order chi connectivity index (χ0) is 14.0. The summed E-state index contributed by atoms with van der Waals surface area (Å²) in [5.74, 6) is 1.01. The van der Waals surface area contributed by atoms with Crippen molar-refractivity contribution in [2.24, 2.45) is 5.41 Å². The smallest absolute Gasteiger partial charge is 0.120 e. The Morgan fingerprint density at radius 2 is 1.79 bits per heavy atom. The van der Waals surface area contributed by atoms with Crippen molar-refractivity contribution in [2.75, 3.05) is 7.05 Å². The van der Waals surface area contributed by atoms with E-state index in [1.54, 1.807) is 0 Å². The summed E-state index contributed by atoms with van der Waals surface area (Å²) in [6, 6.07) is 6.93. The third-order valence-electron chi connectivity index (χ3n) is 4.19. The van der Waals surface area contributed by atoms with Crippen molar-refractivity contribution >= 4 is 0 Å². The minimum absolute atomic E-state index is 0.273. The third-order valence-corrected chi connectivity index (χ3v) is 4.19. The number of hydrogen-bond donors (Lipinski definition) is 1. The summed E-state index contributed by atoms with van der Waals surface area (Å²) in [5.41, 5.74) is 2.92. The first-order valence-corrected chi connectivity index (χ1v) is 7.32. The quantitative estimate of drug-likeness (QED) is 0.892. The van der Waals surface area contributed by atoms with Gasteiger partial charge in [-0.15, -0.1) is 0 Å². The van der Waals surface area contributed by atoms with Crippen LogP contribution in [0.15, 0.2) is 18.2 Å². The molecule has 2 rings (SSSR count). The van der Waals surface area contributed by atoms with Gasteiger partial charge >= 0.3 is 0 Å². The van der Waals surface area contributed by atoms with Crippen LogP contribution in [0.1, 0.15) is 44.2 Å². The molecule has 1 aliphatic rings. The highest BCUT2D eigenvalue weighted by Gasteiger charge is 2.35. The largest absolute Gasteiger partial charge is 0.489 e. The molecule has 0 spiro atoms. The van der Waals surface area contributed by atoms with Crippen LogP contribution in [0, 0.1) is 19.3 Å². The number of ether oxygens (including phenoxy) is 1. The van der Waals surface area contributed by atoms with Crippen molar-refractivity contribution in [2.45, 2.75) is 59.1 Å². The molecule has 2 unspecified atom stereocenters. The van der Waals surface area contributed by atoms with Crippen molar-refractivity contribution in [3.63, 3.8) is 0 Å². The summed E-state index contributed by atoms with van der Waals surface area (Å²) < 4.78 is 6.29. The Hall–Kier alpha value is -1.02. The van der Waals surface area contributed by atoms with Crippen LogP contribution in [-0.2, 0) is 0 Å². The van der Waals surface area contributed by atoms with E-state index >= 15 is 0 Å². The van der Waals surface area contributed by atoms with Crippen molar-refractivity contribution in [1.29, 1.82) is 0 Å². The minimum atomic E-state index is 0.273. The van der Waals surface area contributed by atoms with E-state index in [0.29, 0.717) is 11.5 Å². The molecule has 0 aromatic heterocycles. The Kier molecular flexibility index (Phi) is 4.19. The van der Waals surface area contributed by atoms with E-state index in [9.17, 15) is 0 Å². The molecular weight excluding hydrogens is 234 g/mol. The second kappa shape index (κ2) is 5.54. The van der Waals surface area contributed by atoms with E-state index in [1.807, 2.05) is 7.05 Å². The lowest BCUT2D eigenvalue weighted by Crippen LogP contribution is -2.47. The summed E-state index contributed by atoms with van der Waals surface area (Å²) in [6.07, 6.45) is 3.85. The molecule has 1 aromatic carbocycles. The van der Waals surface area contributed by atoms with Gasteiger partial charge in [0.05, 0.1) is 0 Å².